The minimum Gasteiger partial charge on any atom is -0.368 e. The smallest absolute Gasteiger partial charge is 0.220 e. The Labute approximate surface area is 172 Å². The van der Waals surface area contributed by atoms with Crippen LogP contribution in [0.4, 0.5) is 10.3 Å². The molecule has 5 rings (SSSR count). The van der Waals surface area contributed by atoms with Crippen molar-refractivity contribution in [2.75, 3.05) is 5.73 Å². The van der Waals surface area contributed by atoms with Crippen molar-refractivity contribution in [2.45, 2.75) is 18.5 Å². The standard InChI is InChI=1S/C23H18ClFN4/c24-11-14-5-7-16(25)10-18(14)13-6-8-20-19(9-13)22(29-23(26)28-20)21-17-4-2-1-3-15(17)12-27-21/h1-10,21,27H,11-12H2,(H2,26,28,29). The summed E-state index contributed by atoms with van der Waals surface area (Å²) < 4.78 is 13.9. The van der Waals surface area contributed by atoms with Gasteiger partial charge in [0, 0.05) is 17.8 Å². The monoisotopic (exact) mass is 404 g/mol. The number of alkyl halides is 1. The number of benzene rings is 3. The Morgan fingerprint density at radius 2 is 1.93 bits per heavy atom. The van der Waals surface area contributed by atoms with Crippen molar-refractivity contribution >= 4 is 28.5 Å². The number of hydrogen-bond donors (Lipinski definition) is 2. The van der Waals surface area contributed by atoms with Crippen LogP contribution in [0.25, 0.3) is 22.0 Å². The molecule has 2 heterocycles. The summed E-state index contributed by atoms with van der Waals surface area (Å²) in [7, 11) is 0. The quantitative estimate of drug-likeness (QED) is 0.474. The van der Waals surface area contributed by atoms with Gasteiger partial charge in [0.2, 0.25) is 5.95 Å². The third-order valence-electron chi connectivity index (χ3n) is 5.41. The number of nitrogens with two attached hydrogens (primary N) is 1. The predicted octanol–water partition coefficient (Wildman–Crippen LogP) is 4.95. The van der Waals surface area contributed by atoms with Crippen molar-refractivity contribution < 1.29 is 4.39 Å². The predicted molar refractivity (Wildman–Crippen MR) is 114 cm³/mol. The lowest BCUT2D eigenvalue weighted by Crippen LogP contribution is -2.16. The first-order chi connectivity index (χ1) is 14.1. The molecule has 0 amide bonds. The maximum absolute atomic E-state index is 13.9. The van der Waals surface area contributed by atoms with Gasteiger partial charge in [0.15, 0.2) is 0 Å². The first kappa shape index (κ1) is 18.0. The van der Waals surface area contributed by atoms with Crippen molar-refractivity contribution in [3.05, 3.63) is 88.9 Å². The van der Waals surface area contributed by atoms with Crippen LogP contribution in [0.15, 0.2) is 60.7 Å². The van der Waals surface area contributed by atoms with Crippen molar-refractivity contribution in [1.29, 1.82) is 0 Å². The third-order valence-corrected chi connectivity index (χ3v) is 5.69. The summed E-state index contributed by atoms with van der Waals surface area (Å²) >= 11 is 6.09. The van der Waals surface area contributed by atoms with Gasteiger partial charge >= 0.3 is 0 Å². The normalized spacial score (nSPS) is 15.6. The van der Waals surface area contributed by atoms with Gasteiger partial charge in [0.25, 0.3) is 0 Å². The Hall–Kier alpha value is -3.02. The molecule has 4 aromatic rings. The van der Waals surface area contributed by atoms with E-state index in [4.69, 9.17) is 17.3 Å². The van der Waals surface area contributed by atoms with Crippen LogP contribution >= 0.6 is 11.6 Å². The van der Waals surface area contributed by atoms with Crippen LogP contribution in [-0.2, 0) is 12.4 Å². The minimum atomic E-state index is -0.297. The number of anilines is 1. The number of hydrogen-bond acceptors (Lipinski definition) is 4. The number of fused-ring (bicyclic) bond motifs is 2. The second kappa shape index (κ2) is 7.10. The summed E-state index contributed by atoms with van der Waals surface area (Å²) in [5.74, 6) is 0.240. The molecular formula is C23H18ClFN4. The van der Waals surface area contributed by atoms with E-state index in [1.807, 2.05) is 30.3 Å². The molecule has 1 aromatic heterocycles. The zero-order chi connectivity index (χ0) is 20.0. The molecule has 0 saturated heterocycles. The Bertz CT molecular complexity index is 1240. The van der Waals surface area contributed by atoms with Gasteiger partial charge in [0.05, 0.1) is 17.3 Å². The maximum Gasteiger partial charge on any atom is 0.220 e. The molecular weight excluding hydrogens is 387 g/mol. The molecule has 0 spiro atoms. The van der Waals surface area contributed by atoms with Gasteiger partial charge in [-0.25, -0.2) is 14.4 Å². The first-order valence-electron chi connectivity index (χ1n) is 9.37. The Morgan fingerprint density at radius 1 is 1.07 bits per heavy atom. The summed E-state index contributed by atoms with van der Waals surface area (Å²) in [6.45, 7) is 0.770. The van der Waals surface area contributed by atoms with Crippen molar-refractivity contribution in [3.63, 3.8) is 0 Å². The lowest BCUT2D eigenvalue weighted by atomic mass is 9.95. The molecule has 0 saturated carbocycles. The largest absolute Gasteiger partial charge is 0.368 e. The fourth-order valence-electron chi connectivity index (χ4n) is 4.04. The van der Waals surface area contributed by atoms with Gasteiger partial charge in [0.1, 0.15) is 5.82 Å². The summed E-state index contributed by atoms with van der Waals surface area (Å²) in [6.07, 6.45) is 0. The molecule has 3 N–H and O–H groups in total. The van der Waals surface area contributed by atoms with Crippen molar-refractivity contribution in [1.82, 2.24) is 15.3 Å². The number of nitrogens with zero attached hydrogens (tertiary/aromatic N) is 2. The Kier molecular flexibility index (Phi) is 4.42. The zero-order valence-electron chi connectivity index (χ0n) is 15.5. The van der Waals surface area contributed by atoms with Crippen molar-refractivity contribution in [3.8, 4) is 11.1 Å². The van der Waals surface area contributed by atoms with Crippen LogP contribution in [0.1, 0.15) is 28.4 Å². The van der Waals surface area contributed by atoms with E-state index in [-0.39, 0.29) is 17.8 Å². The van der Waals surface area contributed by atoms with E-state index in [0.717, 1.165) is 39.8 Å². The van der Waals surface area contributed by atoms with Gasteiger partial charge in [-0.1, -0.05) is 36.4 Å². The summed E-state index contributed by atoms with van der Waals surface area (Å²) in [6, 6.07) is 18.7. The highest BCUT2D eigenvalue weighted by molar-refractivity contribution is 6.17. The summed E-state index contributed by atoms with van der Waals surface area (Å²) in [5, 5.41) is 4.41. The molecule has 6 heteroatoms. The molecule has 1 unspecified atom stereocenters. The van der Waals surface area contributed by atoms with E-state index in [1.54, 1.807) is 6.07 Å². The molecule has 3 aromatic carbocycles. The molecule has 4 nitrogen and oxygen atoms in total. The van der Waals surface area contributed by atoms with Crippen molar-refractivity contribution in [2.24, 2.45) is 0 Å². The number of rotatable bonds is 3. The molecule has 29 heavy (non-hydrogen) atoms. The lowest BCUT2D eigenvalue weighted by molar-refractivity contribution is 0.628. The number of halogens is 2. The van der Waals surface area contributed by atoms with E-state index in [1.165, 1.54) is 23.3 Å². The Morgan fingerprint density at radius 3 is 2.79 bits per heavy atom. The van der Waals surface area contributed by atoms with Crippen LogP contribution in [0, 0.1) is 5.82 Å². The zero-order valence-corrected chi connectivity index (χ0v) is 16.2. The number of nitrogens with one attached hydrogen (secondary N) is 1. The van der Waals surface area contributed by atoms with Gasteiger partial charge in [-0.2, -0.15) is 0 Å². The third kappa shape index (κ3) is 3.12. The topological polar surface area (TPSA) is 63.8 Å². The highest BCUT2D eigenvalue weighted by Crippen LogP contribution is 2.36. The minimum absolute atomic E-state index is 0.0748. The molecule has 144 valence electrons. The van der Waals surface area contributed by atoms with Crippen LogP contribution in [0.5, 0.6) is 0 Å². The summed E-state index contributed by atoms with van der Waals surface area (Å²) in [5.41, 5.74) is 12.5. The average Bonchev–Trinajstić information content (AvgIpc) is 3.17. The number of aromatic nitrogens is 2. The average molecular weight is 405 g/mol. The van der Waals surface area contributed by atoms with E-state index >= 15 is 0 Å². The van der Waals surface area contributed by atoms with Crippen LogP contribution in [-0.4, -0.2) is 9.97 Å². The lowest BCUT2D eigenvalue weighted by Gasteiger charge is -2.16. The molecule has 1 aliphatic rings. The molecule has 1 atom stereocenters. The van der Waals surface area contributed by atoms with Gasteiger partial charge in [-0.15, -0.1) is 11.6 Å². The van der Waals surface area contributed by atoms with E-state index in [0.29, 0.717) is 5.88 Å². The van der Waals surface area contributed by atoms with Crippen LogP contribution < -0.4 is 11.1 Å². The number of nitrogen functional groups attached to an aromatic ring is 1. The second-order valence-corrected chi connectivity index (χ2v) is 7.41. The first-order valence-corrected chi connectivity index (χ1v) is 9.90. The van der Waals surface area contributed by atoms with E-state index in [2.05, 4.69) is 27.4 Å². The van der Waals surface area contributed by atoms with E-state index < -0.39 is 0 Å². The second-order valence-electron chi connectivity index (χ2n) is 7.15. The fourth-order valence-corrected chi connectivity index (χ4v) is 4.27. The SMILES string of the molecule is Nc1nc(C2NCc3ccccc32)c2cc(-c3cc(F)ccc3CCl)ccc2n1. The molecule has 1 aliphatic heterocycles. The Balaban J connectivity index is 1.72. The fraction of sp³-hybridized carbons (Fsp3) is 0.130. The molecule has 0 fully saturated rings. The highest BCUT2D eigenvalue weighted by Gasteiger charge is 2.26. The molecule has 0 aliphatic carbocycles. The van der Waals surface area contributed by atoms with Gasteiger partial charge < -0.3 is 11.1 Å². The van der Waals surface area contributed by atoms with Crippen LogP contribution in [0.3, 0.4) is 0 Å². The van der Waals surface area contributed by atoms with Crippen LogP contribution in [0.2, 0.25) is 0 Å². The van der Waals surface area contributed by atoms with Gasteiger partial charge in [-0.3, -0.25) is 0 Å². The van der Waals surface area contributed by atoms with E-state index in [9.17, 15) is 4.39 Å². The maximum atomic E-state index is 13.9. The molecule has 0 bridgehead atoms. The van der Waals surface area contributed by atoms with Gasteiger partial charge in [-0.05, 0) is 52.1 Å². The molecule has 0 radical (unpaired) electrons. The highest BCUT2D eigenvalue weighted by atomic mass is 35.5. The summed E-state index contributed by atoms with van der Waals surface area (Å²) in [4.78, 5) is 8.98.